The van der Waals surface area contributed by atoms with E-state index in [0.717, 1.165) is 46.4 Å². The molecule has 2 aromatic carbocycles. The minimum Gasteiger partial charge on any atom is -0.478 e. The molecule has 0 aliphatic heterocycles. The van der Waals surface area contributed by atoms with Crippen molar-refractivity contribution in [3.8, 4) is 22.5 Å². The van der Waals surface area contributed by atoms with E-state index >= 15 is 0 Å². The lowest BCUT2D eigenvalue weighted by atomic mass is 10.0. The van der Waals surface area contributed by atoms with Gasteiger partial charge >= 0.3 is 5.97 Å². The van der Waals surface area contributed by atoms with Crippen molar-refractivity contribution in [3.63, 3.8) is 0 Å². The maximum Gasteiger partial charge on any atom is 0.335 e. The van der Waals surface area contributed by atoms with Gasteiger partial charge in [-0.3, -0.25) is 4.98 Å². The van der Waals surface area contributed by atoms with Crippen molar-refractivity contribution >= 4 is 29.4 Å². The summed E-state index contributed by atoms with van der Waals surface area (Å²) in [7, 11) is 0. The maximum atomic E-state index is 11.4. The van der Waals surface area contributed by atoms with Crippen molar-refractivity contribution in [1.29, 1.82) is 0 Å². The Labute approximate surface area is 180 Å². The van der Waals surface area contributed by atoms with Crippen LogP contribution in [0.3, 0.4) is 0 Å². The van der Waals surface area contributed by atoms with E-state index in [1.165, 1.54) is 12.8 Å². The second kappa shape index (κ2) is 8.28. The molecule has 5 rings (SSSR count). The monoisotopic (exact) mass is 419 g/mol. The molecule has 5 nitrogen and oxygen atoms in total. The molecule has 0 spiro atoms. The average molecular weight is 420 g/mol. The van der Waals surface area contributed by atoms with Gasteiger partial charge in [0.1, 0.15) is 5.82 Å². The van der Waals surface area contributed by atoms with E-state index in [1.54, 1.807) is 24.5 Å². The van der Waals surface area contributed by atoms with Crippen LogP contribution in [0.5, 0.6) is 0 Å². The van der Waals surface area contributed by atoms with Gasteiger partial charge in [0.2, 0.25) is 0 Å². The molecule has 1 aliphatic carbocycles. The molecule has 152 valence electrons. The Morgan fingerprint density at radius 1 is 0.900 bits per heavy atom. The molecule has 0 bridgehead atoms. The number of pyridine rings is 1. The molecule has 30 heavy (non-hydrogen) atoms. The number of imidazole rings is 1. The number of halogens is 1. The summed E-state index contributed by atoms with van der Waals surface area (Å²) in [6.45, 7) is 0. The number of rotatable bonds is 4. The third kappa shape index (κ3) is 3.57. The number of hydrogen-bond acceptors (Lipinski definition) is 3. The van der Waals surface area contributed by atoms with Crippen LogP contribution >= 0.6 is 12.4 Å². The minimum absolute atomic E-state index is 0. The number of carboxylic acids is 1. The molecule has 0 unspecified atom stereocenters. The molecule has 1 N–H and O–H groups in total. The van der Waals surface area contributed by atoms with Gasteiger partial charge < -0.3 is 9.67 Å². The normalized spacial score (nSPS) is 14.0. The molecule has 2 heterocycles. The molecule has 0 radical (unpaired) electrons. The van der Waals surface area contributed by atoms with Gasteiger partial charge in [0.15, 0.2) is 0 Å². The van der Waals surface area contributed by atoms with Crippen LogP contribution in [0.1, 0.15) is 42.1 Å². The number of hydrogen-bond donors (Lipinski definition) is 1. The van der Waals surface area contributed by atoms with Crippen LogP contribution < -0.4 is 0 Å². The highest BCUT2D eigenvalue weighted by atomic mass is 35.5. The van der Waals surface area contributed by atoms with Gasteiger partial charge in [0, 0.05) is 24.0 Å². The zero-order valence-electron chi connectivity index (χ0n) is 16.4. The molecule has 1 aliphatic rings. The topological polar surface area (TPSA) is 68.0 Å². The van der Waals surface area contributed by atoms with E-state index in [1.807, 2.05) is 18.2 Å². The van der Waals surface area contributed by atoms with Crippen LogP contribution in [-0.4, -0.2) is 25.6 Å². The highest BCUT2D eigenvalue weighted by Gasteiger charge is 2.24. The number of carboxylic acid groups (broad SMARTS) is 1. The van der Waals surface area contributed by atoms with Gasteiger partial charge in [-0.2, -0.15) is 0 Å². The summed E-state index contributed by atoms with van der Waals surface area (Å²) in [5, 5.41) is 9.35. The average Bonchev–Trinajstić information content (AvgIpc) is 3.41. The molecule has 2 aromatic heterocycles. The van der Waals surface area contributed by atoms with Crippen molar-refractivity contribution in [2.24, 2.45) is 0 Å². The predicted molar refractivity (Wildman–Crippen MR) is 120 cm³/mol. The fourth-order valence-corrected chi connectivity index (χ4v) is 4.32. The number of aromatic carboxylic acids is 1. The number of aromatic nitrogens is 3. The van der Waals surface area contributed by atoms with Crippen molar-refractivity contribution in [1.82, 2.24) is 14.5 Å². The number of carbonyl (C=O) groups is 1. The molecule has 0 amide bonds. The van der Waals surface area contributed by atoms with Crippen LogP contribution in [-0.2, 0) is 0 Å². The first-order valence-corrected chi connectivity index (χ1v) is 9.97. The first kappa shape index (κ1) is 20.1. The van der Waals surface area contributed by atoms with Crippen LogP contribution in [0.2, 0.25) is 0 Å². The molecular weight excluding hydrogens is 398 g/mol. The lowest BCUT2D eigenvalue weighted by Crippen LogP contribution is -2.06. The highest BCUT2D eigenvalue weighted by Crippen LogP contribution is 2.37. The fourth-order valence-electron chi connectivity index (χ4n) is 4.32. The Morgan fingerprint density at radius 2 is 1.53 bits per heavy atom. The largest absolute Gasteiger partial charge is 0.478 e. The third-order valence-corrected chi connectivity index (χ3v) is 5.78. The second-order valence-electron chi connectivity index (χ2n) is 7.57. The zero-order chi connectivity index (χ0) is 19.8. The zero-order valence-corrected chi connectivity index (χ0v) is 17.2. The predicted octanol–water partition coefficient (Wildman–Crippen LogP) is 6.00. The Morgan fingerprint density at radius 3 is 2.20 bits per heavy atom. The summed E-state index contributed by atoms with van der Waals surface area (Å²) in [5.41, 5.74) is 5.32. The summed E-state index contributed by atoms with van der Waals surface area (Å²) in [6.07, 6.45) is 8.30. The van der Waals surface area contributed by atoms with Crippen LogP contribution in [0.15, 0.2) is 67.0 Å². The number of nitrogens with zero attached hydrogens (tertiary/aromatic N) is 3. The molecular formula is C24H22ClN3O2. The van der Waals surface area contributed by atoms with E-state index in [2.05, 4.69) is 33.8 Å². The lowest BCUT2D eigenvalue weighted by Gasteiger charge is -2.17. The summed E-state index contributed by atoms with van der Waals surface area (Å²) in [6, 6.07) is 18.1. The van der Waals surface area contributed by atoms with E-state index in [-0.39, 0.29) is 18.0 Å². The second-order valence-corrected chi connectivity index (χ2v) is 7.57. The highest BCUT2D eigenvalue weighted by molar-refractivity contribution is 5.93. The Bertz CT molecular complexity index is 1180. The van der Waals surface area contributed by atoms with Gasteiger partial charge in [-0.05, 0) is 54.3 Å². The van der Waals surface area contributed by atoms with E-state index in [0.29, 0.717) is 6.04 Å². The number of benzene rings is 2. The number of fused-ring (bicyclic) bond motifs is 1. The third-order valence-electron chi connectivity index (χ3n) is 5.78. The van der Waals surface area contributed by atoms with E-state index in [4.69, 9.17) is 4.98 Å². The Hall–Kier alpha value is -3.18. The molecule has 6 heteroatoms. The molecule has 1 fully saturated rings. The quantitative estimate of drug-likeness (QED) is 0.440. The van der Waals surface area contributed by atoms with Crippen LogP contribution in [0.4, 0.5) is 0 Å². The standard InChI is InChI=1S/C24H21N3O2.ClH/c28-24(29)19-9-10-22-21(15-19)26-23(27(22)20-3-1-2-4-20)18-7-5-16(6-8-18)17-11-13-25-14-12-17;/h5-15,20H,1-4H2,(H,28,29);1H. The van der Waals surface area contributed by atoms with Crippen LogP contribution in [0, 0.1) is 0 Å². The van der Waals surface area contributed by atoms with Gasteiger partial charge in [-0.15, -0.1) is 12.4 Å². The van der Waals surface area contributed by atoms with E-state index in [9.17, 15) is 9.90 Å². The summed E-state index contributed by atoms with van der Waals surface area (Å²) >= 11 is 0. The Kier molecular flexibility index (Phi) is 5.55. The Balaban J connectivity index is 0.00000218. The maximum absolute atomic E-state index is 11.4. The minimum atomic E-state index is -0.925. The first-order valence-electron chi connectivity index (χ1n) is 9.97. The summed E-state index contributed by atoms with van der Waals surface area (Å²) in [5.74, 6) is -0.0127. The SMILES string of the molecule is Cl.O=C(O)c1ccc2c(c1)nc(-c1ccc(-c3ccncc3)cc1)n2C1CCCC1. The fraction of sp³-hybridized carbons (Fsp3) is 0.208. The molecule has 0 atom stereocenters. The van der Waals surface area contributed by atoms with Gasteiger partial charge in [0.05, 0.1) is 16.6 Å². The molecule has 4 aromatic rings. The van der Waals surface area contributed by atoms with Crippen molar-refractivity contribution in [2.75, 3.05) is 0 Å². The van der Waals surface area contributed by atoms with Crippen molar-refractivity contribution < 1.29 is 9.90 Å². The van der Waals surface area contributed by atoms with Gasteiger partial charge in [0.25, 0.3) is 0 Å². The summed E-state index contributed by atoms with van der Waals surface area (Å²) in [4.78, 5) is 20.3. The van der Waals surface area contributed by atoms with E-state index < -0.39 is 5.97 Å². The molecule has 0 saturated heterocycles. The molecule has 1 saturated carbocycles. The smallest absolute Gasteiger partial charge is 0.335 e. The van der Waals surface area contributed by atoms with Crippen LogP contribution in [0.25, 0.3) is 33.5 Å². The van der Waals surface area contributed by atoms with Crippen molar-refractivity contribution in [3.05, 3.63) is 72.6 Å². The van der Waals surface area contributed by atoms with Gasteiger partial charge in [-0.25, -0.2) is 9.78 Å². The lowest BCUT2D eigenvalue weighted by molar-refractivity contribution is 0.0697. The first-order chi connectivity index (χ1) is 14.2. The van der Waals surface area contributed by atoms with Crippen molar-refractivity contribution in [2.45, 2.75) is 31.7 Å². The van der Waals surface area contributed by atoms with Gasteiger partial charge in [-0.1, -0.05) is 37.1 Å². The summed E-state index contributed by atoms with van der Waals surface area (Å²) < 4.78 is 2.31.